The van der Waals surface area contributed by atoms with E-state index in [1.54, 1.807) is 0 Å². The Morgan fingerprint density at radius 1 is 1.31 bits per heavy atom. The highest BCUT2D eigenvalue weighted by molar-refractivity contribution is 5.94. The molecule has 0 saturated heterocycles. The van der Waals surface area contributed by atoms with Crippen molar-refractivity contribution in [1.29, 1.82) is 0 Å². The number of likely N-dealkylation sites (N-methyl/N-ethyl adjacent to an activating group) is 1. The molecule has 5 nitrogen and oxygen atoms in total. The first-order chi connectivity index (χ1) is 12.0. The van der Waals surface area contributed by atoms with Crippen molar-refractivity contribution in [1.82, 2.24) is 20.4 Å². The van der Waals surface area contributed by atoms with Crippen LogP contribution in [0.2, 0.25) is 0 Å². The van der Waals surface area contributed by atoms with Gasteiger partial charge < -0.3 is 10.6 Å². The van der Waals surface area contributed by atoms with Crippen LogP contribution in [0.15, 0.2) is 18.2 Å². The predicted molar refractivity (Wildman–Crippen MR) is 108 cm³/mol. The largest absolute Gasteiger partial charge is 0.349 e. The molecule has 1 aromatic heterocycles. The van der Waals surface area contributed by atoms with Gasteiger partial charge in [0.2, 0.25) is 0 Å². The molecule has 0 unspecified atom stereocenters. The summed E-state index contributed by atoms with van der Waals surface area (Å²) < 4.78 is 1.99. The molecule has 3 rings (SSSR count). The lowest BCUT2D eigenvalue weighted by Crippen LogP contribution is -2.39. The second-order valence-corrected chi connectivity index (χ2v) is 7.00. The predicted octanol–water partition coefficient (Wildman–Crippen LogP) is 3.13. The van der Waals surface area contributed by atoms with Crippen LogP contribution >= 0.6 is 12.4 Å². The van der Waals surface area contributed by atoms with E-state index in [4.69, 9.17) is 5.10 Å². The van der Waals surface area contributed by atoms with Gasteiger partial charge in [0.1, 0.15) is 0 Å². The van der Waals surface area contributed by atoms with Gasteiger partial charge in [0.15, 0.2) is 5.69 Å². The van der Waals surface area contributed by atoms with Gasteiger partial charge in [-0.15, -0.1) is 12.4 Å². The van der Waals surface area contributed by atoms with E-state index in [9.17, 15) is 4.79 Å². The minimum absolute atomic E-state index is 0. The standard InChI is InChI=1S/C20H28N4O.ClH/c1-5-21-15(4)12-22-20(25)19-16-7-6-8-18(16)24(23-19)17-10-9-13(2)11-14(17)3;/h9-11,15,21H,5-8,12H2,1-4H3,(H,22,25);1H/t15-;/m1./s1. The van der Waals surface area contributed by atoms with Crippen molar-refractivity contribution in [3.05, 3.63) is 46.3 Å². The number of carbonyl (C=O) groups excluding carboxylic acids is 1. The zero-order valence-electron chi connectivity index (χ0n) is 16.1. The molecule has 26 heavy (non-hydrogen) atoms. The first kappa shape index (κ1) is 20.5. The molecule has 0 saturated carbocycles. The monoisotopic (exact) mass is 376 g/mol. The highest BCUT2D eigenvalue weighted by Crippen LogP contribution is 2.29. The number of halogens is 1. The Hall–Kier alpha value is -1.85. The van der Waals surface area contributed by atoms with E-state index in [0.717, 1.165) is 37.1 Å². The Balaban J connectivity index is 0.00000243. The molecule has 0 bridgehead atoms. The maximum absolute atomic E-state index is 12.7. The third-order valence-corrected chi connectivity index (χ3v) is 4.85. The Morgan fingerprint density at radius 2 is 2.08 bits per heavy atom. The van der Waals surface area contributed by atoms with Crippen molar-refractivity contribution in [2.75, 3.05) is 13.1 Å². The molecule has 0 aliphatic heterocycles. The van der Waals surface area contributed by atoms with Crippen molar-refractivity contribution in [2.45, 2.75) is 53.0 Å². The van der Waals surface area contributed by atoms with Gasteiger partial charge in [-0.1, -0.05) is 24.6 Å². The molecule has 2 N–H and O–H groups in total. The highest BCUT2D eigenvalue weighted by atomic mass is 35.5. The van der Waals surface area contributed by atoms with E-state index >= 15 is 0 Å². The Bertz CT molecular complexity index is 784. The van der Waals surface area contributed by atoms with Crippen LogP contribution in [0.1, 0.15) is 53.1 Å². The summed E-state index contributed by atoms with van der Waals surface area (Å²) in [7, 11) is 0. The van der Waals surface area contributed by atoms with Crippen LogP contribution in [-0.2, 0) is 12.8 Å². The summed E-state index contributed by atoms with van der Waals surface area (Å²) in [6.45, 7) is 9.84. The van der Waals surface area contributed by atoms with Crippen molar-refractivity contribution >= 4 is 18.3 Å². The molecule has 142 valence electrons. The molecule has 0 radical (unpaired) electrons. The number of hydrogen-bond donors (Lipinski definition) is 2. The normalized spacial score (nSPS) is 13.8. The minimum atomic E-state index is -0.0635. The van der Waals surface area contributed by atoms with Crippen LogP contribution < -0.4 is 10.6 Å². The molecule has 2 aromatic rings. The lowest BCUT2D eigenvalue weighted by atomic mass is 10.1. The van der Waals surface area contributed by atoms with Crippen LogP contribution in [0.25, 0.3) is 5.69 Å². The quantitative estimate of drug-likeness (QED) is 0.814. The number of benzene rings is 1. The number of hydrogen-bond acceptors (Lipinski definition) is 3. The molecule has 6 heteroatoms. The molecular formula is C20H29ClN4O. The van der Waals surface area contributed by atoms with Gasteiger partial charge in [0.05, 0.1) is 5.69 Å². The fraction of sp³-hybridized carbons (Fsp3) is 0.500. The number of rotatable bonds is 6. The first-order valence-corrected chi connectivity index (χ1v) is 9.21. The number of aromatic nitrogens is 2. The van der Waals surface area contributed by atoms with Gasteiger partial charge in [-0.3, -0.25) is 4.79 Å². The number of aryl methyl sites for hydroxylation is 2. The number of nitrogens with zero attached hydrogens (tertiary/aromatic N) is 2. The zero-order valence-corrected chi connectivity index (χ0v) is 16.9. The molecule has 1 atom stereocenters. The summed E-state index contributed by atoms with van der Waals surface area (Å²) in [4.78, 5) is 12.7. The summed E-state index contributed by atoms with van der Waals surface area (Å²) >= 11 is 0. The van der Waals surface area contributed by atoms with Crippen LogP contribution in [0, 0.1) is 13.8 Å². The van der Waals surface area contributed by atoms with E-state index in [1.807, 2.05) is 4.68 Å². The number of nitrogens with one attached hydrogen (secondary N) is 2. The van der Waals surface area contributed by atoms with Gasteiger partial charge in [0.25, 0.3) is 5.91 Å². The number of fused-ring (bicyclic) bond motifs is 1. The lowest BCUT2D eigenvalue weighted by molar-refractivity contribution is 0.0944. The SMILES string of the molecule is CCN[C@H](C)CNC(=O)c1nn(-c2ccc(C)cc2C)c2c1CCC2.Cl. The smallest absolute Gasteiger partial charge is 0.272 e. The maximum atomic E-state index is 12.7. The molecule has 1 aromatic carbocycles. The molecule has 1 heterocycles. The van der Waals surface area contributed by atoms with E-state index in [-0.39, 0.29) is 24.4 Å². The van der Waals surface area contributed by atoms with Crippen molar-refractivity contribution in [3.8, 4) is 5.69 Å². The number of carbonyl (C=O) groups is 1. The van der Waals surface area contributed by atoms with Crippen molar-refractivity contribution in [2.24, 2.45) is 0 Å². The lowest BCUT2D eigenvalue weighted by Gasteiger charge is -2.12. The summed E-state index contributed by atoms with van der Waals surface area (Å²) in [5, 5.41) is 11.0. The fourth-order valence-corrected chi connectivity index (χ4v) is 3.61. The van der Waals surface area contributed by atoms with Crippen molar-refractivity contribution < 1.29 is 4.79 Å². The van der Waals surface area contributed by atoms with Crippen LogP contribution in [0.3, 0.4) is 0 Å². The average molecular weight is 377 g/mol. The Morgan fingerprint density at radius 3 is 2.77 bits per heavy atom. The van der Waals surface area contributed by atoms with E-state index < -0.39 is 0 Å². The van der Waals surface area contributed by atoms with Gasteiger partial charge >= 0.3 is 0 Å². The topological polar surface area (TPSA) is 58.9 Å². The Labute approximate surface area is 162 Å². The van der Waals surface area contributed by atoms with E-state index in [2.05, 4.69) is 56.5 Å². The maximum Gasteiger partial charge on any atom is 0.272 e. The highest BCUT2D eigenvalue weighted by Gasteiger charge is 2.27. The first-order valence-electron chi connectivity index (χ1n) is 9.21. The molecular weight excluding hydrogens is 348 g/mol. The number of amides is 1. The fourth-order valence-electron chi connectivity index (χ4n) is 3.61. The third-order valence-electron chi connectivity index (χ3n) is 4.85. The second-order valence-electron chi connectivity index (χ2n) is 7.00. The third kappa shape index (κ3) is 4.10. The van der Waals surface area contributed by atoms with Crippen LogP contribution in [0.5, 0.6) is 0 Å². The van der Waals surface area contributed by atoms with Crippen molar-refractivity contribution in [3.63, 3.8) is 0 Å². The summed E-state index contributed by atoms with van der Waals surface area (Å²) in [5.41, 5.74) is 6.40. The molecule has 1 aliphatic carbocycles. The summed E-state index contributed by atoms with van der Waals surface area (Å²) in [6, 6.07) is 6.62. The van der Waals surface area contributed by atoms with E-state index in [1.165, 1.54) is 16.8 Å². The second kappa shape index (κ2) is 8.69. The Kier molecular flexibility index (Phi) is 6.84. The van der Waals surface area contributed by atoms with E-state index in [0.29, 0.717) is 12.2 Å². The average Bonchev–Trinajstić information content (AvgIpc) is 3.16. The molecule has 0 fully saturated rings. The zero-order chi connectivity index (χ0) is 18.0. The van der Waals surface area contributed by atoms with Gasteiger partial charge in [-0.05, 0) is 58.2 Å². The van der Waals surface area contributed by atoms with Gasteiger partial charge in [-0.25, -0.2) is 4.68 Å². The molecule has 1 amide bonds. The molecule has 0 spiro atoms. The summed E-state index contributed by atoms with van der Waals surface area (Å²) in [6.07, 6.45) is 3.01. The van der Waals surface area contributed by atoms with Crippen LogP contribution in [-0.4, -0.2) is 34.8 Å². The summed E-state index contributed by atoms with van der Waals surface area (Å²) in [5.74, 6) is -0.0635. The molecule has 1 aliphatic rings. The van der Waals surface area contributed by atoms with Crippen LogP contribution in [0.4, 0.5) is 0 Å². The van der Waals surface area contributed by atoms with Gasteiger partial charge in [-0.2, -0.15) is 5.10 Å². The van der Waals surface area contributed by atoms with Gasteiger partial charge in [0, 0.05) is 23.8 Å². The minimum Gasteiger partial charge on any atom is -0.349 e.